The molecule has 4 saturated heterocycles. The van der Waals surface area contributed by atoms with Crippen LogP contribution in [0.1, 0.15) is 85.8 Å². The van der Waals surface area contributed by atoms with E-state index in [1.165, 1.54) is 6.07 Å². The molecule has 4 aliphatic heterocycles. The number of anilines is 1. The lowest BCUT2D eigenvalue weighted by Crippen LogP contribution is -2.43. The van der Waals surface area contributed by atoms with Crippen molar-refractivity contribution in [1.82, 2.24) is 24.4 Å². The fraction of sp³-hybridized carbons (Fsp3) is 0.614. The van der Waals surface area contributed by atoms with E-state index >= 15 is 4.39 Å². The lowest BCUT2D eigenvalue weighted by Gasteiger charge is -2.38. The number of hydrogen-bond acceptors (Lipinski definition) is 10. The third-order valence-electron chi connectivity index (χ3n) is 13.1. The highest BCUT2D eigenvalue weighted by atomic mass is 28.3. The summed E-state index contributed by atoms with van der Waals surface area (Å²) in [5.74, 6) is 3.83. The van der Waals surface area contributed by atoms with E-state index in [1.807, 2.05) is 30.5 Å². The Kier molecular flexibility index (Phi) is 11.0. The first-order valence-electron chi connectivity index (χ1n) is 20.9. The van der Waals surface area contributed by atoms with Gasteiger partial charge < -0.3 is 33.2 Å². The summed E-state index contributed by atoms with van der Waals surface area (Å²) in [7, 11) is -0.624. The van der Waals surface area contributed by atoms with Crippen LogP contribution in [0.4, 0.5) is 14.7 Å². The van der Waals surface area contributed by atoms with E-state index < -0.39 is 20.0 Å². The molecule has 4 fully saturated rings. The molecule has 0 saturated carbocycles. The van der Waals surface area contributed by atoms with Crippen LogP contribution < -0.4 is 14.4 Å². The Balaban J connectivity index is 1.23. The van der Waals surface area contributed by atoms with Gasteiger partial charge >= 0.3 is 0 Å². The SMILES string of the molecule is COCOc1cc(Cn2cnc3c(OC[C@@]45CCCN4C[C@H](F)C5)nc(N4C[C@@H]5OC(C)(C)O[C@@H]5C4)nc32)c2c(C#C[Si](C(C)C)(C(C)C)C(C)C)c(F)ccc2c1. The van der Waals surface area contributed by atoms with Gasteiger partial charge in [-0.15, -0.1) is 5.54 Å². The average molecular weight is 817 g/mol. The first kappa shape index (κ1) is 40.9. The summed E-state index contributed by atoms with van der Waals surface area (Å²) in [6.45, 7) is 20.4. The second-order valence-corrected chi connectivity index (χ2v) is 23.7. The second-order valence-electron chi connectivity index (χ2n) is 18.2. The van der Waals surface area contributed by atoms with E-state index in [0.717, 1.165) is 35.7 Å². The molecule has 0 bridgehead atoms. The van der Waals surface area contributed by atoms with Crippen LogP contribution in [0.5, 0.6) is 11.6 Å². The number of halogens is 2. The number of aromatic nitrogens is 4. The Bertz CT molecular complexity index is 2200. The smallest absolute Gasteiger partial charge is 0.247 e. The maximum Gasteiger partial charge on any atom is 0.247 e. The predicted molar refractivity (Wildman–Crippen MR) is 223 cm³/mol. The molecule has 4 aromatic rings. The van der Waals surface area contributed by atoms with Crippen molar-refractivity contribution in [2.75, 3.05) is 51.6 Å². The Labute approximate surface area is 341 Å². The number of fused-ring (bicyclic) bond motifs is 4. The minimum Gasteiger partial charge on any atom is -0.474 e. The molecule has 6 heterocycles. The van der Waals surface area contributed by atoms with Gasteiger partial charge in [0.1, 0.15) is 44.6 Å². The number of ether oxygens (including phenoxy) is 5. The van der Waals surface area contributed by atoms with Crippen LogP contribution in [0.2, 0.25) is 16.6 Å². The van der Waals surface area contributed by atoms with Crippen molar-refractivity contribution in [3.8, 4) is 23.1 Å². The molecule has 4 aliphatic rings. The molecule has 11 nitrogen and oxygen atoms in total. The second kappa shape index (κ2) is 15.6. The van der Waals surface area contributed by atoms with Crippen molar-refractivity contribution in [3.05, 3.63) is 47.5 Å². The van der Waals surface area contributed by atoms with Crippen molar-refractivity contribution in [1.29, 1.82) is 0 Å². The monoisotopic (exact) mass is 816 g/mol. The Morgan fingerprint density at radius 2 is 1.71 bits per heavy atom. The highest BCUT2D eigenvalue weighted by molar-refractivity contribution is 6.90. The zero-order valence-electron chi connectivity index (χ0n) is 35.4. The number of nitrogens with zero attached hydrogens (tertiary/aromatic N) is 6. The van der Waals surface area contributed by atoms with E-state index in [4.69, 9.17) is 38.6 Å². The van der Waals surface area contributed by atoms with E-state index in [9.17, 15) is 4.39 Å². The van der Waals surface area contributed by atoms with Crippen LogP contribution in [0, 0.1) is 17.3 Å². The number of hydrogen-bond donors (Lipinski definition) is 0. The van der Waals surface area contributed by atoms with Gasteiger partial charge in [0, 0.05) is 38.6 Å². The quantitative estimate of drug-likeness (QED) is 0.0795. The topological polar surface area (TPSA) is 96.2 Å². The fourth-order valence-electron chi connectivity index (χ4n) is 10.6. The first-order chi connectivity index (χ1) is 27.6. The highest BCUT2D eigenvalue weighted by Gasteiger charge is 2.50. The molecule has 2 aromatic carbocycles. The summed E-state index contributed by atoms with van der Waals surface area (Å²) in [6, 6.07) is 7.11. The lowest BCUT2D eigenvalue weighted by atomic mass is 9.95. The van der Waals surface area contributed by atoms with Crippen LogP contribution in [0.3, 0.4) is 0 Å². The molecular weight excluding hydrogens is 759 g/mol. The molecular formula is C44H58F2N6O5Si. The molecule has 0 unspecified atom stereocenters. The standard InChI is InChI=1S/C44H58F2N6O5Si/c1-27(2)58(28(3)4,29(5)6)16-13-34-35(46)12-11-30-17-33(55-26-53-9)18-31(38(30)34)20-51-25-47-39-40(51)48-42(50-22-36-37(23-50)57-43(7,8)56-36)49-41(39)54-24-44-14-10-15-52(44)21-32(45)19-44/h11-12,17-18,25,27-29,32,36-37H,10,14-15,19-24,26H2,1-9H3/t32-,36-,37+,44+/m1/s1. The highest BCUT2D eigenvalue weighted by Crippen LogP contribution is 2.43. The van der Waals surface area contributed by atoms with E-state index in [1.54, 1.807) is 19.5 Å². The Morgan fingerprint density at radius 1 is 0.983 bits per heavy atom. The van der Waals surface area contributed by atoms with Crippen molar-refractivity contribution in [3.63, 3.8) is 0 Å². The molecule has 0 spiro atoms. The summed E-state index contributed by atoms with van der Waals surface area (Å²) in [5, 5.41) is 1.52. The van der Waals surface area contributed by atoms with Crippen LogP contribution >= 0.6 is 0 Å². The zero-order chi connectivity index (χ0) is 41.1. The predicted octanol–water partition coefficient (Wildman–Crippen LogP) is 8.01. The van der Waals surface area contributed by atoms with Gasteiger partial charge in [0.05, 0.1) is 24.0 Å². The molecule has 0 aliphatic carbocycles. The maximum atomic E-state index is 16.2. The summed E-state index contributed by atoms with van der Waals surface area (Å²) >= 11 is 0. The van der Waals surface area contributed by atoms with Crippen LogP contribution in [0.15, 0.2) is 30.6 Å². The molecule has 58 heavy (non-hydrogen) atoms. The van der Waals surface area contributed by atoms with Gasteiger partial charge in [-0.2, -0.15) is 9.97 Å². The Hall–Kier alpha value is -3.87. The molecule has 2 aromatic heterocycles. The van der Waals surface area contributed by atoms with Gasteiger partial charge in [-0.25, -0.2) is 13.8 Å². The van der Waals surface area contributed by atoms with E-state index in [0.29, 0.717) is 83.6 Å². The van der Waals surface area contributed by atoms with E-state index in [-0.39, 0.29) is 36.9 Å². The van der Waals surface area contributed by atoms with Crippen LogP contribution in [-0.4, -0.2) is 109 Å². The van der Waals surface area contributed by atoms with Crippen molar-refractivity contribution in [2.24, 2.45) is 0 Å². The maximum absolute atomic E-state index is 16.2. The van der Waals surface area contributed by atoms with Gasteiger partial charge in [-0.05, 0) is 79.0 Å². The number of alkyl halides is 1. The minimum atomic E-state index is -2.20. The molecule has 0 N–H and O–H groups in total. The summed E-state index contributed by atoms with van der Waals surface area (Å²) < 4.78 is 63.2. The number of benzene rings is 2. The lowest BCUT2D eigenvalue weighted by molar-refractivity contribution is -0.147. The molecule has 0 amide bonds. The molecule has 312 valence electrons. The van der Waals surface area contributed by atoms with Gasteiger partial charge in [-0.1, -0.05) is 53.5 Å². The van der Waals surface area contributed by atoms with Crippen LogP contribution in [0.25, 0.3) is 21.9 Å². The van der Waals surface area contributed by atoms with Crippen LogP contribution in [-0.2, 0) is 20.8 Å². The van der Waals surface area contributed by atoms with Gasteiger partial charge in [-0.3, -0.25) is 4.90 Å². The largest absolute Gasteiger partial charge is 0.474 e. The molecule has 0 radical (unpaired) electrons. The molecule has 4 atom stereocenters. The molecule has 8 rings (SSSR count). The summed E-state index contributed by atoms with van der Waals surface area (Å²) in [5.41, 5.74) is 6.77. The average Bonchev–Trinajstić information content (AvgIpc) is 3.96. The van der Waals surface area contributed by atoms with Crippen molar-refractivity contribution >= 4 is 36.0 Å². The molecule has 14 heteroatoms. The minimum absolute atomic E-state index is 0.0554. The first-order valence-corrected chi connectivity index (χ1v) is 23.1. The normalized spacial score (nSPS) is 24.4. The third-order valence-corrected chi connectivity index (χ3v) is 19.4. The number of methoxy groups -OCH3 is 1. The zero-order valence-corrected chi connectivity index (χ0v) is 36.4. The van der Waals surface area contributed by atoms with Gasteiger partial charge in [0.15, 0.2) is 23.7 Å². The van der Waals surface area contributed by atoms with Gasteiger partial charge in [0.2, 0.25) is 11.8 Å². The van der Waals surface area contributed by atoms with E-state index in [2.05, 4.69) is 62.8 Å². The van der Waals surface area contributed by atoms with Crippen molar-refractivity contribution < 1.29 is 32.5 Å². The third kappa shape index (κ3) is 7.35. The van der Waals surface area contributed by atoms with Gasteiger partial charge in [0.25, 0.3) is 0 Å². The number of rotatable bonds is 12. The van der Waals surface area contributed by atoms with Crippen molar-refractivity contribution in [2.45, 2.75) is 128 Å². The summed E-state index contributed by atoms with van der Waals surface area (Å²) in [4.78, 5) is 19.2. The number of imidazole rings is 1. The Morgan fingerprint density at radius 3 is 2.40 bits per heavy atom. The summed E-state index contributed by atoms with van der Waals surface area (Å²) in [6.07, 6.45) is 2.90. The fourth-order valence-corrected chi connectivity index (χ4v) is 15.8.